The molecule has 1 aromatic heterocycles. The second-order valence-electron chi connectivity index (χ2n) is 5.15. The van der Waals surface area contributed by atoms with Crippen LogP contribution in [-0.2, 0) is 27.6 Å². The van der Waals surface area contributed by atoms with Crippen LogP contribution in [0.25, 0.3) is 0 Å². The zero-order chi connectivity index (χ0) is 13.6. The van der Waals surface area contributed by atoms with Gasteiger partial charge < -0.3 is 9.67 Å². The number of sulfone groups is 1. The maximum Gasteiger partial charge on any atom is 0.307 e. The maximum absolute atomic E-state index is 11.9. The van der Waals surface area contributed by atoms with Crippen LogP contribution in [0.2, 0.25) is 0 Å². The van der Waals surface area contributed by atoms with Crippen molar-refractivity contribution < 1.29 is 18.3 Å². The molecule has 0 amide bonds. The zero-order valence-corrected chi connectivity index (χ0v) is 11.1. The van der Waals surface area contributed by atoms with Gasteiger partial charge in [-0.05, 0) is 19.3 Å². The van der Waals surface area contributed by atoms with Gasteiger partial charge in [-0.1, -0.05) is 0 Å². The fourth-order valence-corrected chi connectivity index (χ4v) is 4.76. The van der Waals surface area contributed by atoms with Crippen LogP contribution >= 0.6 is 0 Å². The quantitative estimate of drug-likeness (QED) is 0.831. The Hall–Kier alpha value is -1.44. The van der Waals surface area contributed by atoms with E-state index >= 15 is 0 Å². The summed E-state index contributed by atoms with van der Waals surface area (Å²) in [4.78, 5) is 11.0. The molecule has 2 unspecified atom stereocenters. The third-order valence-electron chi connectivity index (χ3n) is 3.95. The second kappa shape index (κ2) is 4.29. The van der Waals surface area contributed by atoms with E-state index < -0.39 is 27.0 Å². The topological polar surface area (TPSA) is 102 Å². The predicted octanol–water partition coefficient (Wildman–Crippen LogP) is 0.175. The average Bonchev–Trinajstić information content (AvgIpc) is 2.90. The number of hydrogen-bond acceptors (Lipinski definition) is 5. The second-order valence-corrected chi connectivity index (χ2v) is 7.45. The number of aliphatic carboxylic acids is 1. The van der Waals surface area contributed by atoms with Gasteiger partial charge in [0.25, 0.3) is 0 Å². The minimum atomic E-state index is -3.11. The number of rotatable bonds is 2. The summed E-state index contributed by atoms with van der Waals surface area (Å²) in [5, 5.41) is 16.4. The summed E-state index contributed by atoms with van der Waals surface area (Å²) in [6.07, 6.45) is 2.07. The first-order valence-corrected chi connectivity index (χ1v) is 8.07. The zero-order valence-electron chi connectivity index (χ0n) is 10.3. The van der Waals surface area contributed by atoms with Crippen molar-refractivity contribution in [2.24, 2.45) is 5.92 Å². The molecule has 1 N–H and O–H groups in total. The minimum absolute atomic E-state index is 0.206. The van der Waals surface area contributed by atoms with E-state index in [2.05, 4.69) is 10.2 Å². The normalized spacial score (nSPS) is 29.1. The number of hydrogen-bond donors (Lipinski definition) is 1. The lowest BCUT2D eigenvalue weighted by molar-refractivity contribution is -0.142. The molecule has 0 saturated carbocycles. The van der Waals surface area contributed by atoms with Gasteiger partial charge in [0.2, 0.25) is 0 Å². The summed E-state index contributed by atoms with van der Waals surface area (Å²) in [5.74, 6) is 0.0264. The van der Waals surface area contributed by atoms with Crippen LogP contribution < -0.4 is 0 Å². The van der Waals surface area contributed by atoms with Crippen molar-refractivity contribution in [2.75, 3.05) is 5.75 Å². The summed E-state index contributed by atoms with van der Waals surface area (Å²) in [6, 6.07) is 0. The number of nitrogens with zero attached hydrogens (tertiary/aromatic N) is 3. The summed E-state index contributed by atoms with van der Waals surface area (Å²) >= 11 is 0. The molecule has 0 bridgehead atoms. The molecule has 3 rings (SSSR count). The average molecular weight is 285 g/mol. The molecule has 2 atom stereocenters. The summed E-state index contributed by atoms with van der Waals surface area (Å²) < 4.78 is 25.7. The van der Waals surface area contributed by atoms with Gasteiger partial charge in [-0.3, -0.25) is 4.79 Å². The molecule has 0 aromatic carbocycles. The van der Waals surface area contributed by atoms with Crippen LogP contribution in [0.1, 0.15) is 36.2 Å². The lowest BCUT2D eigenvalue weighted by Gasteiger charge is -2.21. The first kappa shape index (κ1) is 12.6. The number of carbonyl (C=O) groups is 1. The number of aromatic nitrogens is 3. The van der Waals surface area contributed by atoms with Crippen LogP contribution in [0.4, 0.5) is 0 Å². The van der Waals surface area contributed by atoms with E-state index in [-0.39, 0.29) is 5.75 Å². The van der Waals surface area contributed by atoms with Gasteiger partial charge in [-0.2, -0.15) is 0 Å². The van der Waals surface area contributed by atoms with Gasteiger partial charge in [0, 0.05) is 13.0 Å². The summed E-state index contributed by atoms with van der Waals surface area (Å²) in [6.45, 7) is 0.487. The van der Waals surface area contributed by atoms with E-state index in [0.29, 0.717) is 43.9 Å². The van der Waals surface area contributed by atoms with E-state index in [1.807, 2.05) is 0 Å². The van der Waals surface area contributed by atoms with E-state index in [0.717, 1.165) is 0 Å². The van der Waals surface area contributed by atoms with Gasteiger partial charge in [-0.25, -0.2) is 8.42 Å². The third-order valence-corrected chi connectivity index (χ3v) is 6.12. The van der Waals surface area contributed by atoms with Gasteiger partial charge >= 0.3 is 5.97 Å². The molecule has 2 aliphatic rings. The molecule has 104 valence electrons. The highest BCUT2D eigenvalue weighted by atomic mass is 32.2. The Balaban J connectivity index is 1.93. The van der Waals surface area contributed by atoms with Gasteiger partial charge in [0.05, 0.1) is 11.7 Å². The Bertz CT molecular complexity index is 622. The molecule has 1 aromatic rings. The Labute approximate surface area is 110 Å². The molecule has 0 aliphatic carbocycles. The summed E-state index contributed by atoms with van der Waals surface area (Å²) in [7, 11) is -3.11. The predicted molar refractivity (Wildman–Crippen MR) is 65.2 cm³/mol. The highest BCUT2D eigenvalue weighted by Gasteiger charge is 2.38. The Morgan fingerprint density at radius 1 is 1.32 bits per heavy atom. The van der Waals surface area contributed by atoms with Crippen LogP contribution in [-0.4, -0.2) is 40.0 Å². The van der Waals surface area contributed by atoms with Crippen molar-refractivity contribution >= 4 is 15.8 Å². The lowest BCUT2D eigenvalue weighted by atomic mass is 9.98. The molecule has 19 heavy (non-hydrogen) atoms. The van der Waals surface area contributed by atoms with Crippen molar-refractivity contribution in [3.63, 3.8) is 0 Å². The van der Waals surface area contributed by atoms with E-state index in [4.69, 9.17) is 5.11 Å². The van der Waals surface area contributed by atoms with E-state index in [1.165, 1.54) is 0 Å². The Morgan fingerprint density at radius 2 is 2.11 bits per heavy atom. The highest BCUT2D eigenvalue weighted by molar-refractivity contribution is 7.91. The SMILES string of the molecule is O=C(O)C1CCn2c(nnc2C2CCCS2(=O)=O)C1. The van der Waals surface area contributed by atoms with Crippen LogP contribution in [0, 0.1) is 5.92 Å². The fraction of sp³-hybridized carbons (Fsp3) is 0.727. The van der Waals surface area contributed by atoms with E-state index in [1.54, 1.807) is 4.57 Å². The Morgan fingerprint density at radius 3 is 2.74 bits per heavy atom. The molecule has 0 radical (unpaired) electrons. The van der Waals surface area contributed by atoms with Crippen LogP contribution in [0.3, 0.4) is 0 Å². The number of carboxylic acids is 1. The number of carboxylic acid groups (broad SMARTS) is 1. The molecule has 0 spiro atoms. The summed E-state index contributed by atoms with van der Waals surface area (Å²) in [5.41, 5.74) is 0. The van der Waals surface area contributed by atoms with Crippen molar-refractivity contribution in [1.29, 1.82) is 0 Å². The van der Waals surface area contributed by atoms with Crippen molar-refractivity contribution in [1.82, 2.24) is 14.8 Å². The molecule has 1 fully saturated rings. The first-order valence-electron chi connectivity index (χ1n) is 6.35. The molecular weight excluding hydrogens is 270 g/mol. The minimum Gasteiger partial charge on any atom is -0.481 e. The monoisotopic (exact) mass is 285 g/mol. The largest absolute Gasteiger partial charge is 0.481 e. The molecule has 7 nitrogen and oxygen atoms in total. The lowest BCUT2D eigenvalue weighted by Crippen LogP contribution is -2.27. The van der Waals surface area contributed by atoms with Crippen molar-refractivity contribution in [2.45, 2.75) is 37.5 Å². The molecule has 3 heterocycles. The van der Waals surface area contributed by atoms with Crippen molar-refractivity contribution in [3.05, 3.63) is 11.6 Å². The first-order chi connectivity index (χ1) is 8.99. The standard InChI is InChI=1S/C11H15N3O4S/c15-11(16)7-3-4-14-9(6-7)12-13-10(14)8-2-1-5-19(8,17)18/h7-8H,1-6H2,(H,15,16). The smallest absolute Gasteiger partial charge is 0.307 e. The van der Waals surface area contributed by atoms with Gasteiger partial charge in [0.1, 0.15) is 11.1 Å². The van der Waals surface area contributed by atoms with E-state index in [9.17, 15) is 13.2 Å². The van der Waals surface area contributed by atoms with Crippen molar-refractivity contribution in [3.8, 4) is 0 Å². The van der Waals surface area contributed by atoms with Crippen LogP contribution in [0.15, 0.2) is 0 Å². The third kappa shape index (κ3) is 2.03. The molecule has 2 aliphatic heterocycles. The maximum atomic E-state index is 11.9. The highest BCUT2D eigenvalue weighted by Crippen LogP contribution is 2.35. The molecular formula is C11H15N3O4S. The number of fused-ring (bicyclic) bond motifs is 1. The van der Waals surface area contributed by atoms with Crippen LogP contribution in [0.5, 0.6) is 0 Å². The molecule has 8 heteroatoms. The molecule has 1 saturated heterocycles. The van der Waals surface area contributed by atoms with Gasteiger partial charge in [0.15, 0.2) is 15.7 Å². The Kier molecular flexibility index (Phi) is 2.84. The fourth-order valence-electron chi connectivity index (χ4n) is 2.88. The van der Waals surface area contributed by atoms with Gasteiger partial charge in [-0.15, -0.1) is 10.2 Å².